The Morgan fingerprint density at radius 2 is 2.38 bits per heavy atom. The Bertz CT molecular complexity index is 433. The van der Waals surface area contributed by atoms with Crippen molar-refractivity contribution in [2.24, 2.45) is 0 Å². The van der Waals surface area contributed by atoms with Crippen molar-refractivity contribution in [3.05, 3.63) is 29.6 Å². The summed E-state index contributed by atoms with van der Waals surface area (Å²) in [6.07, 6.45) is 1.04. The van der Waals surface area contributed by atoms with Crippen molar-refractivity contribution in [2.45, 2.75) is 25.3 Å². The molecular weight excluding hydrogens is 209 g/mol. The van der Waals surface area contributed by atoms with Gasteiger partial charge >= 0.3 is 5.97 Å². The Morgan fingerprint density at radius 1 is 1.62 bits per heavy atom. The highest BCUT2D eigenvalue weighted by Crippen LogP contribution is 2.36. The quantitative estimate of drug-likeness (QED) is 0.780. The number of carbonyl (C=O) groups excluding carboxylic acids is 1. The summed E-state index contributed by atoms with van der Waals surface area (Å²) >= 11 is 0. The smallest absolute Gasteiger partial charge is 0.331 e. The Morgan fingerprint density at radius 3 is 2.94 bits per heavy atom. The van der Waals surface area contributed by atoms with Gasteiger partial charge in [-0.05, 0) is 18.1 Å². The number of esters is 1. The number of methoxy groups -OCH3 is 1. The van der Waals surface area contributed by atoms with E-state index in [-0.39, 0.29) is 11.8 Å². The van der Waals surface area contributed by atoms with E-state index in [1.165, 1.54) is 13.2 Å². The summed E-state index contributed by atoms with van der Waals surface area (Å²) in [5.74, 6) is -0.665. The van der Waals surface area contributed by atoms with Crippen molar-refractivity contribution in [1.29, 1.82) is 0 Å². The maximum Gasteiger partial charge on any atom is 0.331 e. The number of benzene rings is 1. The van der Waals surface area contributed by atoms with E-state index in [0.717, 1.165) is 5.56 Å². The number of fused-ring (bicyclic) bond motifs is 1. The van der Waals surface area contributed by atoms with Gasteiger partial charge in [0, 0.05) is 6.42 Å². The number of ether oxygens (including phenoxy) is 1. The Labute approximate surface area is 93.6 Å². The molecule has 1 N–H and O–H groups in total. The van der Waals surface area contributed by atoms with Crippen LogP contribution in [0.1, 0.15) is 18.9 Å². The molecule has 1 unspecified atom stereocenters. The first-order chi connectivity index (χ1) is 7.63. The third kappa shape index (κ3) is 1.45. The van der Waals surface area contributed by atoms with Crippen LogP contribution in [0.25, 0.3) is 0 Å². The summed E-state index contributed by atoms with van der Waals surface area (Å²) in [5, 5.41) is 2.97. The number of rotatable bonds is 2. The zero-order chi connectivity index (χ0) is 11.8. The fraction of sp³-hybridized carbons (Fsp3) is 0.417. The van der Waals surface area contributed by atoms with E-state index in [9.17, 15) is 9.18 Å². The van der Waals surface area contributed by atoms with Crippen molar-refractivity contribution >= 4 is 11.7 Å². The molecule has 1 heterocycles. The van der Waals surface area contributed by atoms with Gasteiger partial charge in [0.05, 0.1) is 12.8 Å². The van der Waals surface area contributed by atoms with Crippen LogP contribution in [0.5, 0.6) is 0 Å². The van der Waals surface area contributed by atoms with Crippen LogP contribution < -0.4 is 5.32 Å². The van der Waals surface area contributed by atoms with Gasteiger partial charge in [-0.1, -0.05) is 19.1 Å². The first-order valence-electron chi connectivity index (χ1n) is 5.27. The van der Waals surface area contributed by atoms with E-state index in [1.807, 2.05) is 13.0 Å². The van der Waals surface area contributed by atoms with Gasteiger partial charge in [-0.3, -0.25) is 0 Å². The molecule has 0 bridgehead atoms. The molecule has 0 amide bonds. The number of hydrogen-bond acceptors (Lipinski definition) is 3. The Kier molecular flexibility index (Phi) is 2.58. The van der Waals surface area contributed by atoms with Crippen LogP contribution in [0, 0.1) is 5.82 Å². The van der Waals surface area contributed by atoms with Crippen LogP contribution in [0.15, 0.2) is 18.2 Å². The van der Waals surface area contributed by atoms with Gasteiger partial charge in [-0.25, -0.2) is 9.18 Å². The minimum absolute atomic E-state index is 0.322. The highest BCUT2D eigenvalue weighted by atomic mass is 19.1. The minimum Gasteiger partial charge on any atom is -0.467 e. The average molecular weight is 223 g/mol. The molecule has 0 aromatic heterocycles. The average Bonchev–Trinajstić information content (AvgIpc) is 2.69. The highest BCUT2D eigenvalue weighted by molar-refractivity contribution is 5.88. The highest BCUT2D eigenvalue weighted by Gasteiger charge is 2.44. The molecule has 0 saturated carbocycles. The molecular formula is C12H14FNO2. The van der Waals surface area contributed by atoms with E-state index in [1.54, 1.807) is 6.07 Å². The zero-order valence-electron chi connectivity index (χ0n) is 9.34. The van der Waals surface area contributed by atoms with Crippen molar-refractivity contribution in [1.82, 2.24) is 0 Å². The number of anilines is 1. The molecule has 0 fully saturated rings. The Hall–Kier alpha value is -1.58. The molecule has 86 valence electrons. The SMILES string of the molecule is CCC1(C(=O)OC)Cc2cccc(F)c2N1. The normalized spacial score (nSPS) is 22.4. The molecule has 0 saturated heterocycles. The van der Waals surface area contributed by atoms with Gasteiger partial charge in [0.2, 0.25) is 0 Å². The summed E-state index contributed by atoms with van der Waals surface area (Å²) in [6, 6.07) is 4.86. The molecule has 0 radical (unpaired) electrons. The fourth-order valence-corrected chi connectivity index (χ4v) is 2.14. The number of para-hydroxylation sites is 1. The van der Waals surface area contributed by atoms with Gasteiger partial charge < -0.3 is 10.1 Å². The van der Waals surface area contributed by atoms with E-state index < -0.39 is 5.54 Å². The van der Waals surface area contributed by atoms with E-state index in [2.05, 4.69) is 5.32 Å². The number of carbonyl (C=O) groups is 1. The summed E-state index contributed by atoms with van der Waals surface area (Å²) < 4.78 is 18.3. The standard InChI is InChI=1S/C12H14FNO2/c1-3-12(11(15)16-2)7-8-5-4-6-9(13)10(8)14-12/h4-6,14H,3,7H2,1-2H3. The van der Waals surface area contributed by atoms with Crippen molar-refractivity contribution < 1.29 is 13.9 Å². The van der Waals surface area contributed by atoms with Crippen molar-refractivity contribution in [2.75, 3.05) is 12.4 Å². The zero-order valence-corrected chi connectivity index (χ0v) is 9.34. The second kappa shape index (κ2) is 3.77. The lowest BCUT2D eigenvalue weighted by Crippen LogP contribution is -2.45. The fourth-order valence-electron chi connectivity index (χ4n) is 2.14. The van der Waals surface area contributed by atoms with Gasteiger partial charge in [-0.15, -0.1) is 0 Å². The van der Waals surface area contributed by atoms with Crippen LogP contribution in [-0.4, -0.2) is 18.6 Å². The third-order valence-electron chi connectivity index (χ3n) is 3.14. The van der Waals surface area contributed by atoms with Crippen LogP contribution in [0.4, 0.5) is 10.1 Å². The molecule has 1 aromatic rings. The molecule has 1 aliphatic rings. The van der Waals surface area contributed by atoms with Gasteiger partial charge in [0.1, 0.15) is 11.4 Å². The molecule has 1 atom stereocenters. The maximum absolute atomic E-state index is 13.5. The second-order valence-corrected chi connectivity index (χ2v) is 4.00. The summed E-state index contributed by atoms with van der Waals surface area (Å²) in [5.41, 5.74) is 0.446. The molecule has 0 spiro atoms. The Balaban J connectivity index is 2.39. The van der Waals surface area contributed by atoms with E-state index in [0.29, 0.717) is 18.5 Å². The van der Waals surface area contributed by atoms with Crippen LogP contribution in [0.2, 0.25) is 0 Å². The van der Waals surface area contributed by atoms with Crippen LogP contribution in [-0.2, 0) is 16.0 Å². The van der Waals surface area contributed by atoms with Crippen molar-refractivity contribution in [3.63, 3.8) is 0 Å². The number of halogens is 1. The molecule has 1 aliphatic heterocycles. The molecule has 16 heavy (non-hydrogen) atoms. The lowest BCUT2D eigenvalue weighted by molar-refractivity contribution is -0.145. The molecule has 2 rings (SSSR count). The molecule has 1 aromatic carbocycles. The first-order valence-corrected chi connectivity index (χ1v) is 5.27. The van der Waals surface area contributed by atoms with E-state index >= 15 is 0 Å². The summed E-state index contributed by atoms with van der Waals surface area (Å²) in [4.78, 5) is 11.7. The van der Waals surface area contributed by atoms with Crippen LogP contribution >= 0.6 is 0 Å². The maximum atomic E-state index is 13.5. The van der Waals surface area contributed by atoms with Gasteiger partial charge in [-0.2, -0.15) is 0 Å². The summed E-state index contributed by atoms with van der Waals surface area (Å²) in [6.45, 7) is 1.88. The van der Waals surface area contributed by atoms with Crippen molar-refractivity contribution in [3.8, 4) is 0 Å². The predicted molar refractivity (Wildman–Crippen MR) is 58.8 cm³/mol. The monoisotopic (exact) mass is 223 g/mol. The summed E-state index contributed by atoms with van der Waals surface area (Å²) in [7, 11) is 1.35. The second-order valence-electron chi connectivity index (χ2n) is 4.00. The van der Waals surface area contributed by atoms with Crippen LogP contribution in [0.3, 0.4) is 0 Å². The predicted octanol–water partition coefficient (Wildman–Crippen LogP) is 2.12. The first kappa shape index (κ1) is 10.9. The van der Waals surface area contributed by atoms with Gasteiger partial charge in [0.25, 0.3) is 0 Å². The largest absolute Gasteiger partial charge is 0.467 e. The third-order valence-corrected chi connectivity index (χ3v) is 3.14. The number of hydrogen-bond donors (Lipinski definition) is 1. The van der Waals surface area contributed by atoms with E-state index in [4.69, 9.17) is 4.74 Å². The molecule has 0 aliphatic carbocycles. The topological polar surface area (TPSA) is 38.3 Å². The number of nitrogens with one attached hydrogen (secondary N) is 1. The molecule has 4 heteroatoms. The van der Waals surface area contributed by atoms with Gasteiger partial charge in [0.15, 0.2) is 0 Å². The molecule has 3 nitrogen and oxygen atoms in total. The lowest BCUT2D eigenvalue weighted by atomic mass is 9.92. The lowest BCUT2D eigenvalue weighted by Gasteiger charge is -2.25. The minimum atomic E-state index is -0.806.